The van der Waals surface area contributed by atoms with Gasteiger partial charge in [0, 0.05) is 31.4 Å². The molecule has 3 heterocycles. The van der Waals surface area contributed by atoms with Gasteiger partial charge in [0.1, 0.15) is 5.82 Å². The number of nitrogens with zero attached hydrogens (tertiary/aromatic N) is 4. The fourth-order valence-electron chi connectivity index (χ4n) is 2.18. The van der Waals surface area contributed by atoms with Gasteiger partial charge in [0.05, 0.1) is 18.9 Å². The van der Waals surface area contributed by atoms with Crippen molar-refractivity contribution in [2.24, 2.45) is 5.73 Å². The second kappa shape index (κ2) is 4.55. The number of nitrogens with two attached hydrogens (primary N) is 1. The van der Waals surface area contributed by atoms with Crippen LogP contribution in [0.2, 0.25) is 0 Å². The zero-order valence-electron chi connectivity index (χ0n) is 10.4. The van der Waals surface area contributed by atoms with E-state index in [1.165, 1.54) is 0 Å². The van der Waals surface area contributed by atoms with Gasteiger partial charge in [0.15, 0.2) is 5.65 Å². The van der Waals surface area contributed by atoms with Crippen LogP contribution in [-0.2, 0) is 4.74 Å². The van der Waals surface area contributed by atoms with E-state index in [-0.39, 0.29) is 12.1 Å². The lowest BCUT2D eigenvalue weighted by Crippen LogP contribution is -2.49. The Bertz CT molecular complexity index is 538. The van der Waals surface area contributed by atoms with Crippen LogP contribution in [0.1, 0.15) is 6.92 Å². The highest BCUT2D eigenvalue weighted by atomic mass is 16.5. The van der Waals surface area contributed by atoms with Gasteiger partial charge in [0.2, 0.25) is 0 Å². The van der Waals surface area contributed by atoms with Crippen LogP contribution in [-0.4, -0.2) is 46.4 Å². The Labute approximate surface area is 105 Å². The monoisotopic (exact) mass is 247 g/mol. The van der Waals surface area contributed by atoms with Crippen LogP contribution in [0.5, 0.6) is 0 Å². The highest BCUT2D eigenvalue weighted by Gasteiger charge is 2.24. The van der Waals surface area contributed by atoms with Crippen LogP contribution < -0.4 is 10.6 Å². The molecule has 1 fully saturated rings. The number of ether oxygens (including phenoxy) is 1. The molecule has 1 aliphatic heterocycles. The largest absolute Gasteiger partial charge is 0.373 e. The van der Waals surface area contributed by atoms with E-state index in [2.05, 4.69) is 15.0 Å². The Morgan fingerprint density at radius 2 is 2.39 bits per heavy atom. The predicted octanol–water partition coefficient (Wildman–Crippen LogP) is 0.282. The summed E-state index contributed by atoms with van der Waals surface area (Å²) in [6, 6.07) is 3.91. The molecule has 18 heavy (non-hydrogen) atoms. The molecule has 0 spiro atoms. The van der Waals surface area contributed by atoms with Gasteiger partial charge in [-0.1, -0.05) is 0 Å². The maximum absolute atomic E-state index is 5.90. The summed E-state index contributed by atoms with van der Waals surface area (Å²) >= 11 is 0. The molecule has 6 nitrogen and oxygen atoms in total. The SMILES string of the molecule is CC(N)C1CN(c2ccn3nccc3n2)CCO1. The third kappa shape index (κ3) is 2.04. The van der Waals surface area contributed by atoms with Gasteiger partial charge in [-0.2, -0.15) is 5.10 Å². The Hall–Kier alpha value is -1.66. The average Bonchev–Trinajstić information content (AvgIpc) is 2.86. The van der Waals surface area contributed by atoms with E-state index in [9.17, 15) is 0 Å². The second-order valence-corrected chi connectivity index (χ2v) is 4.63. The van der Waals surface area contributed by atoms with Crippen molar-refractivity contribution < 1.29 is 4.74 Å². The summed E-state index contributed by atoms with van der Waals surface area (Å²) in [5.74, 6) is 0.956. The number of anilines is 1. The first-order chi connectivity index (χ1) is 8.74. The molecule has 1 saturated heterocycles. The lowest BCUT2D eigenvalue weighted by atomic mass is 10.1. The molecule has 3 rings (SSSR count). The molecule has 2 atom stereocenters. The molecule has 0 aliphatic carbocycles. The Morgan fingerprint density at radius 3 is 3.22 bits per heavy atom. The molecular formula is C12H17N5O. The number of morpholine rings is 1. The number of rotatable bonds is 2. The Kier molecular flexibility index (Phi) is 2.89. The third-order valence-corrected chi connectivity index (χ3v) is 3.25. The van der Waals surface area contributed by atoms with Crippen molar-refractivity contribution in [2.75, 3.05) is 24.6 Å². The molecule has 96 valence electrons. The summed E-state index contributed by atoms with van der Waals surface area (Å²) in [6.45, 7) is 4.30. The van der Waals surface area contributed by atoms with E-state index >= 15 is 0 Å². The van der Waals surface area contributed by atoms with Crippen molar-refractivity contribution in [1.29, 1.82) is 0 Å². The molecule has 6 heteroatoms. The molecule has 1 aliphatic rings. The topological polar surface area (TPSA) is 68.7 Å². The number of hydrogen-bond acceptors (Lipinski definition) is 5. The van der Waals surface area contributed by atoms with Gasteiger partial charge >= 0.3 is 0 Å². The number of hydrogen-bond donors (Lipinski definition) is 1. The van der Waals surface area contributed by atoms with E-state index in [4.69, 9.17) is 10.5 Å². The minimum atomic E-state index is 0.0338. The number of aromatic nitrogens is 3. The summed E-state index contributed by atoms with van der Waals surface area (Å²) in [4.78, 5) is 6.80. The standard InChI is InChI=1S/C12H17N5O/c1-9(13)10-8-16(6-7-18-10)11-3-5-17-12(15-11)2-4-14-17/h2-5,9-10H,6-8,13H2,1H3. The maximum atomic E-state index is 5.90. The van der Waals surface area contributed by atoms with Gasteiger partial charge < -0.3 is 15.4 Å². The summed E-state index contributed by atoms with van der Waals surface area (Å²) in [5, 5.41) is 4.14. The van der Waals surface area contributed by atoms with Gasteiger partial charge in [0.25, 0.3) is 0 Å². The predicted molar refractivity (Wildman–Crippen MR) is 68.6 cm³/mol. The molecular weight excluding hydrogens is 230 g/mol. The first kappa shape index (κ1) is 11.4. The highest BCUT2D eigenvalue weighted by molar-refractivity contribution is 5.47. The minimum absolute atomic E-state index is 0.0338. The Balaban J connectivity index is 1.84. The quantitative estimate of drug-likeness (QED) is 0.825. The van der Waals surface area contributed by atoms with Crippen molar-refractivity contribution in [2.45, 2.75) is 19.1 Å². The van der Waals surface area contributed by atoms with Crippen LogP contribution in [0.4, 0.5) is 5.82 Å². The van der Waals surface area contributed by atoms with E-state index in [0.29, 0.717) is 6.61 Å². The smallest absolute Gasteiger partial charge is 0.157 e. The van der Waals surface area contributed by atoms with Gasteiger partial charge in [-0.15, -0.1) is 0 Å². The van der Waals surface area contributed by atoms with Gasteiger partial charge in [-0.05, 0) is 13.0 Å². The van der Waals surface area contributed by atoms with Crippen molar-refractivity contribution in [1.82, 2.24) is 14.6 Å². The zero-order valence-corrected chi connectivity index (χ0v) is 10.4. The molecule has 2 N–H and O–H groups in total. The Morgan fingerprint density at radius 1 is 1.50 bits per heavy atom. The zero-order chi connectivity index (χ0) is 12.5. The molecule has 0 bridgehead atoms. The average molecular weight is 247 g/mol. The minimum Gasteiger partial charge on any atom is -0.373 e. The van der Waals surface area contributed by atoms with Crippen LogP contribution in [0.15, 0.2) is 24.5 Å². The van der Waals surface area contributed by atoms with Crippen molar-refractivity contribution in [3.63, 3.8) is 0 Å². The van der Waals surface area contributed by atoms with E-state index in [0.717, 1.165) is 24.6 Å². The third-order valence-electron chi connectivity index (χ3n) is 3.25. The van der Waals surface area contributed by atoms with E-state index in [1.807, 2.05) is 25.3 Å². The molecule has 2 unspecified atom stereocenters. The van der Waals surface area contributed by atoms with E-state index in [1.54, 1.807) is 10.7 Å². The van der Waals surface area contributed by atoms with Crippen LogP contribution >= 0.6 is 0 Å². The first-order valence-corrected chi connectivity index (χ1v) is 6.16. The highest BCUT2D eigenvalue weighted by Crippen LogP contribution is 2.16. The van der Waals surface area contributed by atoms with Crippen LogP contribution in [0.25, 0.3) is 5.65 Å². The van der Waals surface area contributed by atoms with Crippen LogP contribution in [0.3, 0.4) is 0 Å². The number of fused-ring (bicyclic) bond motifs is 1. The van der Waals surface area contributed by atoms with E-state index < -0.39 is 0 Å². The van der Waals surface area contributed by atoms with Gasteiger partial charge in [-0.25, -0.2) is 9.50 Å². The lowest BCUT2D eigenvalue weighted by molar-refractivity contribution is 0.0273. The summed E-state index contributed by atoms with van der Waals surface area (Å²) < 4.78 is 7.41. The van der Waals surface area contributed by atoms with Crippen molar-refractivity contribution in [3.8, 4) is 0 Å². The lowest BCUT2D eigenvalue weighted by Gasteiger charge is -2.35. The molecule has 0 aromatic carbocycles. The molecule has 2 aromatic heterocycles. The fraction of sp³-hybridized carbons (Fsp3) is 0.500. The molecule has 0 saturated carbocycles. The second-order valence-electron chi connectivity index (χ2n) is 4.63. The van der Waals surface area contributed by atoms with Crippen molar-refractivity contribution >= 4 is 11.5 Å². The van der Waals surface area contributed by atoms with Crippen molar-refractivity contribution in [3.05, 3.63) is 24.5 Å². The summed E-state index contributed by atoms with van der Waals surface area (Å²) in [7, 11) is 0. The summed E-state index contributed by atoms with van der Waals surface area (Å²) in [5.41, 5.74) is 6.75. The normalized spacial score (nSPS) is 22.3. The summed E-state index contributed by atoms with van der Waals surface area (Å²) in [6.07, 6.45) is 3.74. The first-order valence-electron chi connectivity index (χ1n) is 6.16. The van der Waals surface area contributed by atoms with Crippen LogP contribution in [0, 0.1) is 0 Å². The molecule has 0 amide bonds. The van der Waals surface area contributed by atoms with Gasteiger partial charge in [-0.3, -0.25) is 0 Å². The fourth-order valence-corrected chi connectivity index (χ4v) is 2.18. The maximum Gasteiger partial charge on any atom is 0.157 e. The molecule has 0 radical (unpaired) electrons. The molecule has 2 aromatic rings.